The number of carbonyl (C=O) groups is 1. The predicted molar refractivity (Wildman–Crippen MR) is 101 cm³/mol. The fourth-order valence-corrected chi connectivity index (χ4v) is 4.81. The van der Waals surface area contributed by atoms with E-state index in [9.17, 15) is 9.90 Å². The second kappa shape index (κ2) is 8.71. The van der Waals surface area contributed by atoms with Crippen molar-refractivity contribution in [1.82, 2.24) is 20.0 Å². The van der Waals surface area contributed by atoms with Gasteiger partial charge in [-0.25, -0.2) is 0 Å². The van der Waals surface area contributed by atoms with Gasteiger partial charge < -0.3 is 14.7 Å². The molecule has 2 aliphatic heterocycles. The van der Waals surface area contributed by atoms with Gasteiger partial charge in [-0.15, -0.1) is 0 Å². The van der Waals surface area contributed by atoms with E-state index in [1.165, 1.54) is 24.1 Å². The molecule has 1 aliphatic carbocycles. The topological polar surface area (TPSA) is 81.7 Å². The molecule has 4 rings (SSSR count). The van der Waals surface area contributed by atoms with Gasteiger partial charge in [0.15, 0.2) is 0 Å². The largest absolute Gasteiger partial charge is 0.396 e. The lowest BCUT2D eigenvalue weighted by molar-refractivity contribution is -0.130. The number of ether oxygens (including phenoxy) is 1. The number of aryl methyl sites for hydroxylation is 2. The Hall–Kier alpha value is -1.44. The third kappa shape index (κ3) is 4.36. The molecular formula is C20H32N4O3. The van der Waals surface area contributed by atoms with Gasteiger partial charge in [-0.2, -0.15) is 5.10 Å². The van der Waals surface area contributed by atoms with Crippen LogP contribution in [0, 0.1) is 11.8 Å². The molecule has 0 bridgehead atoms. The Morgan fingerprint density at radius 1 is 1.19 bits per heavy atom. The molecule has 2 fully saturated rings. The van der Waals surface area contributed by atoms with E-state index in [-0.39, 0.29) is 18.4 Å². The maximum absolute atomic E-state index is 12.8. The number of nitrogens with zero attached hydrogens (tertiary/aromatic N) is 3. The van der Waals surface area contributed by atoms with Crippen LogP contribution in [0.5, 0.6) is 0 Å². The number of aromatic amines is 1. The highest BCUT2D eigenvalue weighted by atomic mass is 16.5. The van der Waals surface area contributed by atoms with Crippen LogP contribution in [0.3, 0.4) is 0 Å². The van der Waals surface area contributed by atoms with Gasteiger partial charge in [0.1, 0.15) is 0 Å². The van der Waals surface area contributed by atoms with E-state index < -0.39 is 0 Å². The van der Waals surface area contributed by atoms with Gasteiger partial charge in [-0.05, 0) is 37.2 Å². The minimum absolute atomic E-state index is 0.158. The molecule has 27 heavy (non-hydrogen) atoms. The van der Waals surface area contributed by atoms with Crippen molar-refractivity contribution < 1.29 is 14.6 Å². The highest BCUT2D eigenvalue weighted by molar-refractivity contribution is 5.76. The zero-order valence-corrected chi connectivity index (χ0v) is 16.2. The van der Waals surface area contributed by atoms with Gasteiger partial charge in [0.2, 0.25) is 5.91 Å². The lowest BCUT2D eigenvalue weighted by Crippen LogP contribution is -2.41. The van der Waals surface area contributed by atoms with Crippen LogP contribution in [0.15, 0.2) is 0 Å². The van der Waals surface area contributed by atoms with Crippen LogP contribution in [0.1, 0.15) is 36.2 Å². The first-order valence-corrected chi connectivity index (χ1v) is 10.5. The number of aliphatic hydroxyl groups is 1. The van der Waals surface area contributed by atoms with Crippen molar-refractivity contribution >= 4 is 5.91 Å². The molecule has 3 heterocycles. The number of hydrogen-bond acceptors (Lipinski definition) is 5. The van der Waals surface area contributed by atoms with Gasteiger partial charge in [-0.1, -0.05) is 0 Å². The summed E-state index contributed by atoms with van der Waals surface area (Å²) in [5, 5.41) is 17.4. The molecule has 2 atom stereocenters. The van der Waals surface area contributed by atoms with Gasteiger partial charge in [0, 0.05) is 63.8 Å². The number of nitrogens with one attached hydrogen (secondary N) is 1. The summed E-state index contributed by atoms with van der Waals surface area (Å²) in [6, 6.07) is 0. The van der Waals surface area contributed by atoms with Crippen molar-refractivity contribution in [1.29, 1.82) is 0 Å². The predicted octanol–water partition coefficient (Wildman–Crippen LogP) is 0.620. The molecule has 7 heteroatoms. The lowest BCUT2D eigenvalue weighted by atomic mass is 9.94. The molecular weight excluding hydrogens is 344 g/mol. The van der Waals surface area contributed by atoms with Gasteiger partial charge in [-0.3, -0.25) is 14.8 Å². The number of morpholine rings is 1. The Balaban J connectivity index is 1.30. The second-order valence-corrected chi connectivity index (χ2v) is 8.25. The fraction of sp³-hybridized carbons (Fsp3) is 0.800. The first-order chi connectivity index (χ1) is 13.2. The highest BCUT2D eigenvalue weighted by Crippen LogP contribution is 2.26. The molecule has 3 aliphatic rings. The summed E-state index contributed by atoms with van der Waals surface area (Å²) in [7, 11) is 0. The number of rotatable bonds is 6. The summed E-state index contributed by atoms with van der Waals surface area (Å²) in [5.41, 5.74) is 3.71. The van der Waals surface area contributed by atoms with E-state index in [4.69, 9.17) is 4.74 Å². The number of aliphatic hydroxyl groups excluding tert-OH is 1. The minimum Gasteiger partial charge on any atom is -0.396 e. The number of fused-ring (bicyclic) bond motifs is 1. The van der Waals surface area contributed by atoms with E-state index >= 15 is 0 Å². The van der Waals surface area contributed by atoms with Crippen LogP contribution < -0.4 is 0 Å². The summed E-state index contributed by atoms with van der Waals surface area (Å²) >= 11 is 0. The Bertz CT molecular complexity index is 641. The average Bonchev–Trinajstić information content (AvgIpc) is 3.31. The van der Waals surface area contributed by atoms with Gasteiger partial charge in [0.05, 0.1) is 18.9 Å². The Labute approximate surface area is 161 Å². The van der Waals surface area contributed by atoms with Gasteiger partial charge >= 0.3 is 0 Å². The molecule has 0 aromatic carbocycles. The van der Waals surface area contributed by atoms with Crippen LogP contribution in [0.25, 0.3) is 0 Å². The second-order valence-electron chi connectivity index (χ2n) is 8.25. The molecule has 0 spiro atoms. The Kier molecular flexibility index (Phi) is 6.10. The van der Waals surface area contributed by atoms with Crippen LogP contribution in [-0.2, 0) is 28.8 Å². The van der Waals surface area contributed by atoms with E-state index in [2.05, 4.69) is 15.1 Å². The van der Waals surface area contributed by atoms with Crippen LogP contribution in [-0.4, -0.2) is 83.6 Å². The van der Waals surface area contributed by atoms with Crippen molar-refractivity contribution in [3.63, 3.8) is 0 Å². The lowest BCUT2D eigenvalue weighted by Gasteiger charge is -2.30. The number of amides is 1. The SMILES string of the molecule is O=C(CCc1n[nH]c2c1CCCC2)N1C[C@@H](CO)[C@@H](CN2CCOCC2)C1. The molecule has 0 saturated carbocycles. The Morgan fingerprint density at radius 2 is 1.96 bits per heavy atom. The van der Waals surface area contributed by atoms with Crippen molar-refractivity contribution in [2.24, 2.45) is 11.8 Å². The van der Waals surface area contributed by atoms with Crippen molar-refractivity contribution in [3.05, 3.63) is 17.0 Å². The number of H-pyrrole nitrogens is 1. The molecule has 1 amide bonds. The maximum atomic E-state index is 12.8. The standard InChI is InChI=1S/C20H32N4O3/c25-14-16-13-24(12-15(16)11-23-7-9-27-10-8-23)20(26)6-5-19-17-3-1-2-4-18(17)21-22-19/h15-16,25H,1-14H2,(H,21,22)/t15-,16-/m0/s1. The van der Waals surface area contributed by atoms with Crippen LogP contribution >= 0.6 is 0 Å². The number of carbonyl (C=O) groups excluding carboxylic acids is 1. The smallest absolute Gasteiger partial charge is 0.222 e. The fourth-order valence-electron chi connectivity index (χ4n) is 4.81. The number of likely N-dealkylation sites (tertiary alicyclic amines) is 1. The Morgan fingerprint density at radius 3 is 2.78 bits per heavy atom. The first-order valence-electron chi connectivity index (χ1n) is 10.5. The summed E-state index contributed by atoms with van der Waals surface area (Å²) < 4.78 is 5.42. The minimum atomic E-state index is 0.158. The highest BCUT2D eigenvalue weighted by Gasteiger charge is 2.35. The maximum Gasteiger partial charge on any atom is 0.222 e. The zero-order chi connectivity index (χ0) is 18.6. The van der Waals surface area contributed by atoms with E-state index in [1.807, 2.05) is 4.90 Å². The average molecular weight is 377 g/mol. The molecule has 7 nitrogen and oxygen atoms in total. The van der Waals surface area contributed by atoms with Crippen molar-refractivity contribution in [3.8, 4) is 0 Å². The molecule has 0 radical (unpaired) electrons. The van der Waals surface area contributed by atoms with Crippen molar-refractivity contribution in [2.45, 2.75) is 38.5 Å². The third-order valence-corrected chi connectivity index (χ3v) is 6.48. The summed E-state index contributed by atoms with van der Waals surface area (Å²) in [4.78, 5) is 17.1. The van der Waals surface area contributed by atoms with E-state index in [0.717, 1.165) is 64.3 Å². The number of aromatic nitrogens is 2. The summed E-state index contributed by atoms with van der Waals surface area (Å²) in [6.45, 7) is 6.03. The van der Waals surface area contributed by atoms with E-state index in [1.54, 1.807) is 0 Å². The third-order valence-electron chi connectivity index (χ3n) is 6.48. The summed E-state index contributed by atoms with van der Waals surface area (Å²) in [5.74, 6) is 0.746. The first kappa shape index (κ1) is 18.9. The summed E-state index contributed by atoms with van der Waals surface area (Å²) in [6.07, 6.45) is 5.87. The van der Waals surface area contributed by atoms with E-state index in [0.29, 0.717) is 18.9 Å². The molecule has 0 unspecified atom stereocenters. The molecule has 150 valence electrons. The monoisotopic (exact) mass is 376 g/mol. The van der Waals surface area contributed by atoms with Gasteiger partial charge in [0.25, 0.3) is 0 Å². The van der Waals surface area contributed by atoms with Crippen molar-refractivity contribution in [2.75, 3.05) is 52.5 Å². The van der Waals surface area contributed by atoms with Crippen LogP contribution in [0.2, 0.25) is 0 Å². The quantitative estimate of drug-likeness (QED) is 0.761. The molecule has 2 saturated heterocycles. The van der Waals surface area contributed by atoms with Crippen LogP contribution in [0.4, 0.5) is 0 Å². The molecule has 1 aromatic rings. The molecule has 1 aromatic heterocycles. The zero-order valence-electron chi connectivity index (χ0n) is 16.2. The number of hydrogen-bond donors (Lipinski definition) is 2. The molecule has 2 N–H and O–H groups in total. The normalized spacial score (nSPS) is 26.3.